The molecule has 1 unspecified atom stereocenters. The lowest BCUT2D eigenvalue weighted by molar-refractivity contribution is -0.291. The van der Waals surface area contributed by atoms with Crippen molar-refractivity contribution < 1.29 is 22.0 Å². The van der Waals surface area contributed by atoms with E-state index in [0.717, 1.165) is 12.0 Å². The number of alkyl halides is 5. The van der Waals surface area contributed by atoms with E-state index < -0.39 is 18.1 Å². The molecule has 0 spiro atoms. The molecule has 108 valence electrons. The number of halogens is 5. The zero-order valence-electron chi connectivity index (χ0n) is 10.6. The normalized spacial score (nSPS) is 14.8. The first-order chi connectivity index (χ1) is 8.55. The minimum atomic E-state index is -5.65. The van der Waals surface area contributed by atoms with E-state index in [0.29, 0.717) is 5.92 Å². The third-order valence-electron chi connectivity index (χ3n) is 2.75. The molecule has 1 aromatic carbocycles. The smallest absolute Gasteiger partial charge is 0.319 e. The van der Waals surface area contributed by atoms with E-state index >= 15 is 0 Å². The van der Waals surface area contributed by atoms with Crippen LogP contribution in [0.5, 0.6) is 0 Å². The Hall–Kier alpha value is -1.17. The van der Waals surface area contributed by atoms with Crippen LogP contribution in [0.15, 0.2) is 24.3 Å². The first-order valence-corrected chi connectivity index (χ1v) is 5.84. The number of hydrogen-bond donors (Lipinski definition) is 1. The number of nitrogens with two attached hydrogens (primary N) is 1. The quantitative estimate of drug-likeness (QED) is 0.827. The van der Waals surface area contributed by atoms with Gasteiger partial charge in [0.15, 0.2) is 0 Å². The van der Waals surface area contributed by atoms with Crippen molar-refractivity contribution >= 4 is 0 Å². The fourth-order valence-corrected chi connectivity index (χ4v) is 1.72. The molecule has 1 aromatic rings. The average Bonchev–Trinajstić information content (AvgIpc) is 2.26. The summed E-state index contributed by atoms with van der Waals surface area (Å²) in [7, 11) is 0. The fourth-order valence-electron chi connectivity index (χ4n) is 1.72. The molecular formula is C13H16F5N. The Morgan fingerprint density at radius 3 is 1.84 bits per heavy atom. The summed E-state index contributed by atoms with van der Waals surface area (Å²) >= 11 is 0. The molecule has 1 rings (SSSR count). The van der Waals surface area contributed by atoms with Crippen LogP contribution in [0.4, 0.5) is 22.0 Å². The lowest BCUT2D eigenvalue weighted by atomic mass is 9.97. The molecule has 1 nitrogen and oxygen atoms in total. The van der Waals surface area contributed by atoms with Gasteiger partial charge >= 0.3 is 12.1 Å². The van der Waals surface area contributed by atoms with E-state index in [9.17, 15) is 22.0 Å². The summed E-state index contributed by atoms with van der Waals surface area (Å²) in [5.41, 5.74) is 5.69. The topological polar surface area (TPSA) is 26.0 Å². The van der Waals surface area contributed by atoms with Crippen molar-refractivity contribution in [2.75, 3.05) is 0 Å². The summed E-state index contributed by atoms with van der Waals surface area (Å²) in [6.45, 7) is 3.97. The lowest BCUT2D eigenvalue weighted by Crippen LogP contribution is -2.45. The van der Waals surface area contributed by atoms with Gasteiger partial charge in [0.2, 0.25) is 0 Å². The van der Waals surface area contributed by atoms with E-state index in [1.54, 1.807) is 0 Å². The second kappa shape index (κ2) is 5.45. The predicted octanol–water partition coefficient (Wildman–Crippen LogP) is 4.08. The SMILES string of the molecule is CC(C)Cc1ccc(C(N)C(F)(F)C(F)(F)F)cc1. The number of hydrogen-bond acceptors (Lipinski definition) is 1. The van der Waals surface area contributed by atoms with Gasteiger partial charge in [0.25, 0.3) is 0 Å². The van der Waals surface area contributed by atoms with E-state index in [4.69, 9.17) is 5.73 Å². The molecule has 0 saturated carbocycles. The first-order valence-electron chi connectivity index (χ1n) is 5.84. The zero-order chi connectivity index (χ0) is 14.8. The highest BCUT2D eigenvalue weighted by atomic mass is 19.4. The number of rotatable bonds is 4. The molecule has 2 N–H and O–H groups in total. The van der Waals surface area contributed by atoms with Crippen LogP contribution < -0.4 is 5.73 Å². The van der Waals surface area contributed by atoms with Gasteiger partial charge in [-0.1, -0.05) is 38.1 Å². The molecule has 0 aliphatic carbocycles. The summed E-state index contributed by atoms with van der Waals surface area (Å²) in [5, 5.41) is 0. The minimum absolute atomic E-state index is 0.227. The van der Waals surface area contributed by atoms with E-state index in [-0.39, 0.29) is 5.56 Å². The van der Waals surface area contributed by atoms with Gasteiger partial charge in [0, 0.05) is 0 Å². The van der Waals surface area contributed by atoms with Crippen molar-refractivity contribution in [1.82, 2.24) is 0 Å². The standard InChI is InChI=1S/C13H16F5N/c1-8(2)7-9-3-5-10(6-4-9)11(19)12(14,15)13(16,17)18/h3-6,8,11H,7,19H2,1-2H3. The molecule has 0 saturated heterocycles. The van der Waals surface area contributed by atoms with Crippen LogP contribution in [-0.4, -0.2) is 12.1 Å². The Morgan fingerprint density at radius 2 is 1.47 bits per heavy atom. The van der Waals surface area contributed by atoms with Crippen LogP contribution in [0.25, 0.3) is 0 Å². The Kier molecular flexibility index (Phi) is 4.55. The van der Waals surface area contributed by atoms with Crippen molar-refractivity contribution in [2.45, 2.75) is 38.4 Å². The molecule has 0 bridgehead atoms. The average molecular weight is 281 g/mol. The Morgan fingerprint density at radius 1 is 1.00 bits per heavy atom. The molecule has 0 aliphatic rings. The first kappa shape index (κ1) is 15.9. The predicted molar refractivity (Wildman–Crippen MR) is 62.9 cm³/mol. The summed E-state index contributed by atoms with van der Waals surface area (Å²) in [6.07, 6.45) is -4.92. The Balaban J connectivity index is 2.92. The zero-order valence-corrected chi connectivity index (χ0v) is 10.6. The van der Waals surface area contributed by atoms with Gasteiger partial charge in [-0.05, 0) is 23.5 Å². The van der Waals surface area contributed by atoms with Crippen LogP contribution in [0.3, 0.4) is 0 Å². The third kappa shape index (κ3) is 3.65. The number of benzene rings is 1. The minimum Gasteiger partial charge on any atom is -0.319 e. The molecule has 0 heterocycles. The lowest BCUT2D eigenvalue weighted by Gasteiger charge is -2.26. The van der Waals surface area contributed by atoms with Crippen molar-refractivity contribution in [3.05, 3.63) is 35.4 Å². The Bertz CT molecular complexity index is 408. The van der Waals surface area contributed by atoms with Gasteiger partial charge in [0.05, 0.1) is 0 Å². The maximum Gasteiger partial charge on any atom is 0.455 e. The van der Waals surface area contributed by atoms with Gasteiger partial charge in [-0.15, -0.1) is 0 Å². The molecule has 0 radical (unpaired) electrons. The molecule has 0 aromatic heterocycles. The highest BCUT2D eigenvalue weighted by Crippen LogP contribution is 2.43. The van der Waals surface area contributed by atoms with Gasteiger partial charge in [-0.25, -0.2) is 0 Å². The van der Waals surface area contributed by atoms with E-state index in [1.807, 2.05) is 13.8 Å². The van der Waals surface area contributed by atoms with Gasteiger partial charge in [-0.2, -0.15) is 22.0 Å². The van der Waals surface area contributed by atoms with E-state index in [1.165, 1.54) is 24.3 Å². The van der Waals surface area contributed by atoms with Crippen LogP contribution in [-0.2, 0) is 6.42 Å². The molecule has 0 fully saturated rings. The molecule has 0 aliphatic heterocycles. The van der Waals surface area contributed by atoms with Crippen LogP contribution in [0.2, 0.25) is 0 Å². The molecule has 6 heteroatoms. The largest absolute Gasteiger partial charge is 0.455 e. The summed E-state index contributed by atoms with van der Waals surface area (Å²) < 4.78 is 62.7. The van der Waals surface area contributed by atoms with Gasteiger partial charge in [-0.3, -0.25) is 0 Å². The van der Waals surface area contributed by atoms with E-state index in [2.05, 4.69) is 0 Å². The van der Waals surface area contributed by atoms with Crippen LogP contribution in [0, 0.1) is 5.92 Å². The summed E-state index contributed by atoms with van der Waals surface area (Å²) in [6, 6.07) is 3.12. The molecular weight excluding hydrogens is 265 g/mol. The monoisotopic (exact) mass is 281 g/mol. The van der Waals surface area contributed by atoms with Crippen LogP contribution in [0.1, 0.15) is 31.0 Å². The van der Waals surface area contributed by atoms with Crippen molar-refractivity contribution in [2.24, 2.45) is 11.7 Å². The van der Waals surface area contributed by atoms with Crippen molar-refractivity contribution in [1.29, 1.82) is 0 Å². The van der Waals surface area contributed by atoms with Crippen molar-refractivity contribution in [3.8, 4) is 0 Å². The summed E-state index contributed by atoms with van der Waals surface area (Å²) in [4.78, 5) is 0. The van der Waals surface area contributed by atoms with Crippen molar-refractivity contribution in [3.63, 3.8) is 0 Å². The molecule has 1 atom stereocenters. The Labute approximate surface area is 108 Å². The second-order valence-electron chi connectivity index (χ2n) is 4.94. The van der Waals surface area contributed by atoms with Gasteiger partial charge in [0.1, 0.15) is 6.04 Å². The van der Waals surface area contributed by atoms with Crippen LogP contribution >= 0.6 is 0 Å². The maximum absolute atomic E-state index is 13.1. The molecule has 0 amide bonds. The maximum atomic E-state index is 13.1. The highest BCUT2D eigenvalue weighted by Gasteiger charge is 2.61. The third-order valence-corrected chi connectivity index (χ3v) is 2.75. The second-order valence-corrected chi connectivity index (χ2v) is 4.94. The molecule has 19 heavy (non-hydrogen) atoms. The fraction of sp³-hybridized carbons (Fsp3) is 0.538. The highest BCUT2D eigenvalue weighted by molar-refractivity contribution is 5.27. The summed E-state index contributed by atoms with van der Waals surface area (Å²) in [5.74, 6) is -4.57. The van der Waals surface area contributed by atoms with Gasteiger partial charge < -0.3 is 5.73 Å².